The number of quaternary nitrogens is 1. The van der Waals surface area contributed by atoms with Crippen molar-refractivity contribution in [3.05, 3.63) is 35.0 Å². The molecule has 1 saturated carbocycles. The molecule has 0 radical (unpaired) electrons. The van der Waals surface area contributed by atoms with Crippen molar-refractivity contribution >= 4 is 28.4 Å². The zero-order chi connectivity index (χ0) is 21.2. The molecule has 0 bridgehead atoms. The summed E-state index contributed by atoms with van der Waals surface area (Å²) in [5.74, 6) is -0.0263. The first-order valence-electron chi connectivity index (χ1n) is 9.52. The zero-order valence-electron chi connectivity index (χ0n) is 16.4. The molecule has 29 heavy (non-hydrogen) atoms. The maximum atomic E-state index is 12.5. The van der Waals surface area contributed by atoms with E-state index >= 15 is 0 Å². The van der Waals surface area contributed by atoms with Gasteiger partial charge in [-0.1, -0.05) is 11.6 Å². The molecule has 1 aliphatic rings. The number of rotatable bonds is 6. The quantitative estimate of drug-likeness (QED) is 0.533. The number of ether oxygens (including phenoxy) is 1. The molecule has 2 aromatic rings. The minimum absolute atomic E-state index is 0.0194. The summed E-state index contributed by atoms with van der Waals surface area (Å²) in [6.07, 6.45) is 5.14. The molecular weight excluding hydrogens is 404 g/mol. The SMILES string of the molecule is C[N+](C)(O)C1CCC(CNC(=O)c2cnc3cc(OC(F)F)c(Cl)cc3c2)CC1. The van der Waals surface area contributed by atoms with Crippen LogP contribution in [0.1, 0.15) is 36.0 Å². The van der Waals surface area contributed by atoms with Gasteiger partial charge in [0.15, 0.2) is 0 Å². The van der Waals surface area contributed by atoms with Gasteiger partial charge >= 0.3 is 6.61 Å². The summed E-state index contributed by atoms with van der Waals surface area (Å²) in [5.41, 5.74) is 0.780. The lowest BCUT2D eigenvalue weighted by Gasteiger charge is -2.35. The lowest BCUT2D eigenvalue weighted by molar-refractivity contribution is -1.09. The number of amides is 1. The van der Waals surface area contributed by atoms with Crippen molar-refractivity contribution in [1.82, 2.24) is 10.3 Å². The molecule has 0 aliphatic heterocycles. The Balaban J connectivity index is 1.61. The number of carbonyl (C=O) groups is 1. The summed E-state index contributed by atoms with van der Waals surface area (Å²) < 4.78 is 29.2. The van der Waals surface area contributed by atoms with Crippen LogP contribution in [0.25, 0.3) is 10.9 Å². The van der Waals surface area contributed by atoms with E-state index in [9.17, 15) is 18.8 Å². The van der Waals surface area contributed by atoms with E-state index in [2.05, 4.69) is 15.0 Å². The van der Waals surface area contributed by atoms with E-state index in [1.165, 1.54) is 18.3 Å². The van der Waals surface area contributed by atoms with E-state index in [1.807, 2.05) is 0 Å². The number of halogens is 3. The van der Waals surface area contributed by atoms with Crippen LogP contribution in [0.3, 0.4) is 0 Å². The molecular formula is C20H25ClF2N3O3+. The van der Waals surface area contributed by atoms with E-state index in [0.717, 1.165) is 25.7 Å². The third kappa shape index (κ3) is 5.52. The maximum Gasteiger partial charge on any atom is 0.387 e. The Labute approximate surface area is 173 Å². The first kappa shape index (κ1) is 21.7. The smallest absolute Gasteiger partial charge is 0.387 e. The van der Waals surface area contributed by atoms with E-state index in [-0.39, 0.29) is 27.4 Å². The molecule has 3 rings (SSSR count). The Hall–Kier alpha value is -2.03. The largest absolute Gasteiger partial charge is 0.433 e. The predicted octanol–water partition coefficient (Wildman–Crippen LogP) is 4.24. The number of hydrogen-bond acceptors (Lipinski definition) is 4. The van der Waals surface area contributed by atoms with Crippen LogP contribution in [-0.2, 0) is 0 Å². The van der Waals surface area contributed by atoms with E-state index in [0.29, 0.717) is 28.9 Å². The highest BCUT2D eigenvalue weighted by molar-refractivity contribution is 6.32. The number of carbonyl (C=O) groups excluding carboxylic acids is 1. The van der Waals surface area contributed by atoms with Gasteiger partial charge in [0.05, 0.1) is 30.2 Å². The zero-order valence-corrected chi connectivity index (χ0v) is 17.1. The summed E-state index contributed by atoms with van der Waals surface area (Å²) in [6.45, 7) is -2.42. The second-order valence-electron chi connectivity index (χ2n) is 7.94. The Kier molecular flexibility index (Phi) is 6.55. The van der Waals surface area contributed by atoms with Crippen LogP contribution in [0, 0.1) is 5.92 Å². The molecule has 0 unspecified atom stereocenters. The highest BCUT2D eigenvalue weighted by Gasteiger charge is 2.32. The van der Waals surface area contributed by atoms with Crippen molar-refractivity contribution in [2.75, 3.05) is 20.6 Å². The lowest BCUT2D eigenvalue weighted by Crippen LogP contribution is -2.48. The van der Waals surface area contributed by atoms with E-state index in [1.54, 1.807) is 20.2 Å². The molecule has 0 spiro atoms. The fraction of sp³-hybridized carbons (Fsp3) is 0.500. The van der Waals surface area contributed by atoms with Crippen molar-refractivity contribution in [2.45, 2.75) is 38.3 Å². The monoisotopic (exact) mass is 428 g/mol. The molecule has 1 aromatic heterocycles. The highest BCUT2D eigenvalue weighted by Crippen LogP contribution is 2.31. The summed E-state index contributed by atoms with van der Waals surface area (Å²) >= 11 is 5.98. The average molecular weight is 429 g/mol. The average Bonchev–Trinajstić information content (AvgIpc) is 2.65. The van der Waals surface area contributed by atoms with Gasteiger partial charge in [0.1, 0.15) is 11.8 Å². The van der Waals surface area contributed by atoms with Crippen LogP contribution >= 0.6 is 11.6 Å². The standard InChI is InChI=1S/C20H24ClF2N3O3/c1-26(2,28)15-5-3-12(4-6-15)10-25-19(27)14-7-13-8-16(21)18(29-20(22)23)9-17(13)24-11-14/h7-9,11-12,15,20,28H,3-6,10H2,1-2H3/p+1. The minimum Gasteiger partial charge on any atom is -0.433 e. The normalized spacial score (nSPS) is 20.1. The van der Waals surface area contributed by atoms with Gasteiger partial charge in [0, 0.05) is 37.0 Å². The van der Waals surface area contributed by atoms with Crippen LogP contribution in [0.5, 0.6) is 5.75 Å². The molecule has 9 heteroatoms. The summed E-state index contributed by atoms with van der Waals surface area (Å²) in [4.78, 5) is 16.7. The Morgan fingerprint density at radius 2 is 2.00 bits per heavy atom. The van der Waals surface area contributed by atoms with Gasteiger partial charge in [0.2, 0.25) is 0 Å². The molecule has 1 heterocycles. The molecule has 2 N–H and O–H groups in total. The molecule has 158 valence electrons. The third-order valence-corrected chi connectivity index (χ3v) is 5.77. The fourth-order valence-corrected chi connectivity index (χ4v) is 3.98. The molecule has 0 saturated heterocycles. The van der Waals surface area contributed by atoms with E-state index in [4.69, 9.17) is 11.6 Å². The third-order valence-electron chi connectivity index (χ3n) is 5.47. The van der Waals surface area contributed by atoms with Crippen LogP contribution in [0.15, 0.2) is 24.4 Å². The van der Waals surface area contributed by atoms with Gasteiger partial charge in [-0.2, -0.15) is 13.4 Å². The summed E-state index contributed by atoms with van der Waals surface area (Å²) in [7, 11) is 3.57. The van der Waals surface area contributed by atoms with Gasteiger partial charge in [0.25, 0.3) is 5.91 Å². The number of aromatic nitrogens is 1. The topological polar surface area (TPSA) is 71.5 Å². The summed E-state index contributed by atoms with van der Waals surface area (Å²) in [6, 6.07) is 4.63. The van der Waals surface area contributed by atoms with Gasteiger partial charge in [-0.25, -0.2) is 5.21 Å². The minimum atomic E-state index is -2.98. The number of benzene rings is 1. The van der Waals surface area contributed by atoms with Gasteiger partial charge in [-0.3, -0.25) is 9.78 Å². The van der Waals surface area contributed by atoms with Crippen molar-refractivity contribution < 1.29 is 28.2 Å². The van der Waals surface area contributed by atoms with Crippen molar-refractivity contribution in [1.29, 1.82) is 0 Å². The lowest BCUT2D eigenvalue weighted by atomic mass is 9.85. The summed E-state index contributed by atoms with van der Waals surface area (Å²) in [5, 5.41) is 13.6. The van der Waals surface area contributed by atoms with E-state index < -0.39 is 6.61 Å². The van der Waals surface area contributed by atoms with Gasteiger partial charge in [-0.15, -0.1) is 0 Å². The number of hydroxylamine groups is 3. The molecule has 1 aromatic carbocycles. The Bertz CT molecular complexity index is 881. The van der Waals surface area contributed by atoms with Crippen molar-refractivity contribution in [3.8, 4) is 5.75 Å². The number of alkyl halides is 2. The van der Waals surface area contributed by atoms with Crippen LogP contribution in [0.4, 0.5) is 8.78 Å². The molecule has 1 aliphatic carbocycles. The second-order valence-corrected chi connectivity index (χ2v) is 8.35. The maximum absolute atomic E-state index is 12.5. The number of pyridine rings is 1. The van der Waals surface area contributed by atoms with Crippen molar-refractivity contribution in [3.63, 3.8) is 0 Å². The molecule has 1 amide bonds. The first-order valence-corrected chi connectivity index (χ1v) is 9.90. The molecule has 6 nitrogen and oxygen atoms in total. The van der Waals surface area contributed by atoms with Crippen LogP contribution in [0.2, 0.25) is 5.02 Å². The molecule has 0 atom stereocenters. The number of fused-ring (bicyclic) bond motifs is 1. The fourth-order valence-electron chi connectivity index (χ4n) is 3.76. The Morgan fingerprint density at radius 3 is 2.62 bits per heavy atom. The second kappa shape index (κ2) is 8.77. The number of hydrogen-bond donors (Lipinski definition) is 2. The predicted molar refractivity (Wildman–Crippen MR) is 105 cm³/mol. The highest BCUT2D eigenvalue weighted by atomic mass is 35.5. The first-order chi connectivity index (χ1) is 13.6. The van der Waals surface area contributed by atoms with Gasteiger partial charge < -0.3 is 10.1 Å². The van der Waals surface area contributed by atoms with Crippen LogP contribution in [-0.4, -0.2) is 54.0 Å². The number of nitrogens with zero attached hydrogens (tertiary/aromatic N) is 2. The Morgan fingerprint density at radius 1 is 1.31 bits per heavy atom. The van der Waals surface area contributed by atoms with Gasteiger partial charge in [-0.05, 0) is 30.9 Å². The van der Waals surface area contributed by atoms with Crippen molar-refractivity contribution in [2.24, 2.45) is 5.92 Å². The number of nitrogens with one attached hydrogen (secondary N) is 1. The van der Waals surface area contributed by atoms with Crippen LogP contribution < -0.4 is 10.1 Å². The molecule has 1 fully saturated rings.